The molecule has 0 radical (unpaired) electrons. The van der Waals surface area contributed by atoms with Gasteiger partial charge in [0.05, 0.1) is 6.26 Å². The maximum absolute atomic E-state index is 12.3. The van der Waals surface area contributed by atoms with Crippen LogP contribution in [0.15, 0.2) is 48.5 Å². The molecule has 1 amide bonds. The second kappa shape index (κ2) is 7.98. The highest BCUT2D eigenvalue weighted by Gasteiger charge is 2.24. The first kappa shape index (κ1) is 19.2. The van der Waals surface area contributed by atoms with E-state index in [1.165, 1.54) is 10.6 Å². The molecule has 144 valence electrons. The van der Waals surface area contributed by atoms with Crippen LogP contribution in [0.3, 0.4) is 0 Å². The molecule has 0 saturated carbocycles. The number of benzene rings is 2. The van der Waals surface area contributed by atoms with Gasteiger partial charge in [0.15, 0.2) is 11.5 Å². The van der Waals surface area contributed by atoms with Gasteiger partial charge in [0.25, 0.3) is 5.91 Å². The number of nitrogens with zero attached hydrogens (tertiary/aromatic N) is 1. The zero-order valence-corrected chi connectivity index (χ0v) is 16.0. The van der Waals surface area contributed by atoms with E-state index in [4.69, 9.17) is 9.47 Å². The standard InChI is InChI=1S/C19H22N2O5S/c1-14(15-6-4-3-5-7-15)21(27(2,23)24)11-10-20-19(22)16-8-9-17-18(12-16)26-13-25-17/h3-9,12,14H,10-11,13H2,1-2H3,(H,20,22). The van der Waals surface area contributed by atoms with E-state index in [2.05, 4.69) is 5.32 Å². The Morgan fingerprint density at radius 3 is 2.56 bits per heavy atom. The Hall–Kier alpha value is -2.58. The van der Waals surface area contributed by atoms with Crippen LogP contribution in [-0.4, -0.2) is 44.8 Å². The molecule has 0 aromatic heterocycles. The number of ether oxygens (including phenoxy) is 2. The minimum atomic E-state index is -3.44. The number of hydrogen-bond acceptors (Lipinski definition) is 5. The number of carbonyl (C=O) groups excluding carboxylic acids is 1. The SMILES string of the molecule is CC(c1ccccc1)N(CCNC(=O)c1ccc2c(c1)OCO2)S(C)(=O)=O. The van der Waals surface area contributed by atoms with Crippen molar-refractivity contribution in [2.45, 2.75) is 13.0 Å². The number of nitrogens with one attached hydrogen (secondary N) is 1. The third-order valence-corrected chi connectivity index (χ3v) is 5.74. The molecule has 1 aliphatic rings. The van der Waals surface area contributed by atoms with E-state index < -0.39 is 10.0 Å². The van der Waals surface area contributed by atoms with Crippen molar-refractivity contribution in [2.75, 3.05) is 26.1 Å². The quantitative estimate of drug-likeness (QED) is 0.783. The summed E-state index contributed by atoms with van der Waals surface area (Å²) in [7, 11) is -3.44. The van der Waals surface area contributed by atoms with Crippen molar-refractivity contribution in [1.82, 2.24) is 9.62 Å². The molecule has 0 fully saturated rings. The molecule has 1 unspecified atom stereocenters. The molecule has 27 heavy (non-hydrogen) atoms. The van der Waals surface area contributed by atoms with Crippen LogP contribution in [0.25, 0.3) is 0 Å². The lowest BCUT2D eigenvalue weighted by Gasteiger charge is -2.27. The maximum Gasteiger partial charge on any atom is 0.251 e. The molecule has 1 N–H and O–H groups in total. The molecule has 1 heterocycles. The van der Waals surface area contributed by atoms with Crippen LogP contribution in [0.5, 0.6) is 11.5 Å². The van der Waals surface area contributed by atoms with Crippen LogP contribution in [0.1, 0.15) is 28.9 Å². The highest BCUT2D eigenvalue weighted by molar-refractivity contribution is 7.88. The van der Waals surface area contributed by atoms with E-state index in [1.807, 2.05) is 37.3 Å². The molecule has 0 aliphatic carbocycles. The van der Waals surface area contributed by atoms with E-state index in [0.717, 1.165) is 5.56 Å². The minimum Gasteiger partial charge on any atom is -0.454 e. The van der Waals surface area contributed by atoms with Gasteiger partial charge in [-0.25, -0.2) is 8.42 Å². The first-order chi connectivity index (χ1) is 12.9. The van der Waals surface area contributed by atoms with Crippen molar-refractivity contribution in [3.05, 3.63) is 59.7 Å². The number of fused-ring (bicyclic) bond motifs is 1. The summed E-state index contributed by atoms with van der Waals surface area (Å²) < 4.78 is 36.3. The molecule has 3 rings (SSSR count). The molecule has 2 aromatic carbocycles. The number of sulfonamides is 1. The number of amides is 1. The second-order valence-electron chi connectivity index (χ2n) is 6.28. The van der Waals surface area contributed by atoms with Crippen molar-refractivity contribution in [3.63, 3.8) is 0 Å². The number of hydrogen-bond donors (Lipinski definition) is 1. The lowest BCUT2D eigenvalue weighted by molar-refractivity contribution is 0.0950. The Balaban J connectivity index is 1.63. The van der Waals surface area contributed by atoms with Gasteiger partial charge in [0.1, 0.15) is 0 Å². The zero-order chi connectivity index (χ0) is 19.4. The molecule has 0 bridgehead atoms. The molecule has 0 saturated heterocycles. The summed E-state index contributed by atoms with van der Waals surface area (Å²) in [5.74, 6) is 0.832. The summed E-state index contributed by atoms with van der Waals surface area (Å²) in [6, 6.07) is 14.0. The summed E-state index contributed by atoms with van der Waals surface area (Å²) in [5.41, 5.74) is 1.33. The molecule has 0 spiro atoms. The Bertz CT molecular complexity index is 915. The predicted molar refractivity (Wildman–Crippen MR) is 101 cm³/mol. The summed E-state index contributed by atoms with van der Waals surface area (Å²) >= 11 is 0. The van der Waals surface area contributed by atoms with Gasteiger partial charge >= 0.3 is 0 Å². The van der Waals surface area contributed by atoms with Gasteiger partial charge in [-0.3, -0.25) is 4.79 Å². The third kappa shape index (κ3) is 4.58. The van der Waals surface area contributed by atoms with Gasteiger partial charge in [-0.2, -0.15) is 4.31 Å². The van der Waals surface area contributed by atoms with E-state index >= 15 is 0 Å². The first-order valence-corrected chi connectivity index (χ1v) is 10.4. The summed E-state index contributed by atoms with van der Waals surface area (Å²) in [6.07, 6.45) is 1.17. The molecule has 1 atom stereocenters. The molecular formula is C19H22N2O5S. The highest BCUT2D eigenvalue weighted by atomic mass is 32.2. The predicted octanol–water partition coefficient (Wildman–Crippen LogP) is 2.17. The molecule has 8 heteroatoms. The van der Waals surface area contributed by atoms with E-state index in [0.29, 0.717) is 17.1 Å². The van der Waals surface area contributed by atoms with Crippen molar-refractivity contribution in [3.8, 4) is 11.5 Å². The lowest BCUT2D eigenvalue weighted by Crippen LogP contribution is -2.39. The van der Waals surface area contributed by atoms with Gasteiger partial charge in [0, 0.05) is 24.7 Å². The Kier molecular flexibility index (Phi) is 5.67. The van der Waals surface area contributed by atoms with Crippen LogP contribution >= 0.6 is 0 Å². The van der Waals surface area contributed by atoms with Crippen molar-refractivity contribution < 1.29 is 22.7 Å². The fourth-order valence-electron chi connectivity index (χ4n) is 2.96. The minimum absolute atomic E-state index is 0.140. The fraction of sp³-hybridized carbons (Fsp3) is 0.316. The van der Waals surface area contributed by atoms with Crippen molar-refractivity contribution in [1.29, 1.82) is 0 Å². The summed E-state index contributed by atoms with van der Waals surface area (Å²) in [6.45, 7) is 2.33. The topological polar surface area (TPSA) is 84.9 Å². The Morgan fingerprint density at radius 2 is 1.85 bits per heavy atom. The third-order valence-electron chi connectivity index (χ3n) is 4.39. The lowest BCUT2D eigenvalue weighted by atomic mass is 10.1. The first-order valence-electron chi connectivity index (χ1n) is 8.56. The average Bonchev–Trinajstić information content (AvgIpc) is 3.12. The summed E-state index contributed by atoms with van der Waals surface area (Å²) in [4.78, 5) is 12.3. The average molecular weight is 390 g/mol. The molecular weight excluding hydrogens is 368 g/mol. The van der Waals surface area contributed by atoms with E-state index in [-0.39, 0.29) is 31.8 Å². The maximum atomic E-state index is 12.3. The Labute approximate surface area is 158 Å². The van der Waals surface area contributed by atoms with Crippen molar-refractivity contribution >= 4 is 15.9 Å². The van der Waals surface area contributed by atoms with Crippen molar-refractivity contribution in [2.24, 2.45) is 0 Å². The van der Waals surface area contributed by atoms with Crippen LogP contribution in [-0.2, 0) is 10.0 Å². The number of rotatable bonds is 7. The van der Waals surface area contributed by atoms with Gasteiger partial charge < -0.3 is 14.8 Å². The van der Waals surface area contributed by atoms with Gasteiger partial charge in [-0.1, -0.05) is 30.3 Å². The summed E-state index contributed by atoms with van der Waals surface area (Å²) in [5, 5.41) is 2.76. The molecule has 2 aromatic rings. The van der Waals surface area contributed by atoms with Gasteiger partial charge in [-0.15, -0.1) is 0 Å². The van der Waals surface area contributed by atoms with Gasteiger partial charge in [0.2, 0.25) is 16.8 Å². The number of carbonyl (C=O) groups is 1. The van der Waals surface area contributed by atoms with Crippen LogP contribution < -0.4 is 14.8 Å². The van der Waals surface area contributed by atoms with Crippen LogP contribution in [0.2, 0.25) is 0 Å². The van der Waals surface area contributed by atoms with E-state index in [9.17, 15) is 13.2 Å². The van der Waals surface area contributed by atoms with E-state index in [1.54, 1.807) is 18.2 Å². The highest BCUT2D eigenvalue weighted by Crippen LogP contribution is 2.32. The van der Waals surface area contributed by atoms with Crippen LogP contribution in [0.4, 0.5) is 0 Å². The smallest absolute Gasteiger partial charge is 0.251 e. The van der Waals surface area contributed by atoms with Gasteiger partial charge in [-0.05, 0) is 30.7 Å². The molecule has 7 nitrogen and oxygen atoms in total. The largest absolute Gasteiger partial charge is 0.454 e. The molecule has 1 aliphatic heterocycles. The second-order valence-corrected chi connectivity index (χ2v) is 8.22. The normalized spacial score (nSPS) is 14.2. The zero-order valence-electron chi connectivity index (χ0n) is 15.2. The fourth-order valence-corrected chi connectivity index (χ4v) is 4.08. The van der Waals surface area contributed by atoms with Crippen LogP contribution in [0, 0.1) is 0 Å². The monoisotopic (exact) mass is 390 g/mol. The Morgan fingerprint density at radius 1 is 1.15 bits per heavy atom.